The van der Waals surface area contributed by atoms with Gasteiger partial charge < -0.3 is 5.11 Å². The summed E-state index contributed by atoms with van der Waals surface area (Å²) in [7, 11) is 0. The van der Waals surface area contributed by atoms with Crippen LogP contribution in [-0.2, 0) is 4.79 Å². The number of hydrogen-bond donors (Lipinski definition) is 2. The molecule has 1 amide bonds. The molecule has 1 heterocycles. The van der Waals surface area contributed by atoms with Crippen molar-refractivity contribution in [3.05, 3.63) is 29.8 Å². The van der Waals surface area contributed by atoms with Crippen molar-refractivity contribution in [3.63, 3.8) is 0 Å². The second kappa shape index (κ2) is 5.54. The van der Waals surface area contributed by atoms with Crippen molar-refractivity contribution in [1.82, 2.24) is 5.43 Å². The highest BCUT2D eigenvalue weighted by molar-refractivity contribution is 9.10. The summed E-state index contributed by atoms with van der Waals surface area (Å²) < 4.78 is 0. The van der Waals surface area contributed by atoms with Crippen LogP contribution in [-0.4, -0.2) is 34.0 Å². The fourth-order valence-electron chi connectivity index (χ4n) is 1.25. The number of amides is 1. The SMILES string of the molecule is O=C1NN=C/C(=N/N=C\c2ccccc2O)C1Br. The summed E-state index contributed by atoms with van der Waals surface area (Å²) in [4.78, 5) is 10.7. The fourth-order valence-corrected chi connectivity index (χ4v) is 1.56. The van der Waals surface area contributed by atoms with E-state index in [2.05, 4.69) is 36.7 Å². The van der Waals surface area contributed by atoms with Crippen LogP contribution >= 0.6 is 15.9 Å². The molecular weight excluding hydrogens is 300 g/mol. The molecule has 18 heavy (non-hydrogen) atoms. The number of rotatable bonds is 2. The highest BCUT2D eigenvalue weighted by Gasteiger charge is 2.23. The van der Waals surface area contributed by atoms with Gasteiger partial charge in [0, 0.05) is 5.56 Å². The highest BCUT2D eigenvalue weighted by atomic mass is 79.9. The maximum Gasteiger partial charge on any atom is 0.260 e. The number of nitrogens with zero attached hydrogens (tertiary/aromatic N) is 3. The third-order valence-corrected chi connectivity index (χ3v) is 3.05. The number of nitrogens with one attached hydrogen (secondary N) is 1. The number of aromatic hydroxyl groups is 1. The summed E-state index contributed by atoms with van der Waals surface area (Å²) in [5, 5.41) is 20.8. The van der Waals surface area contributed by atoms with E-state index in [0.29, 0.717) is 11.3 Å². The molecule has 1 atom stereocenters. The Morgan fingerprint density at radius 1 is 1.44 bits per heavy atom. The number of hydrazone groups is 1. The molecule has 1 unspecified atom stereocenters. The molecule has 0 aromatic heterocycles. The quantitative estimate of drug-likeness (QED) is 0.486. The van der Waals surface area contributed by atoms with E-state index >= 15 is 0 Å². The van der Waals surface area contributed by atoms with Crippen molar-refractivity contribution in [2.75, 3.05) is 0 Å². The first-order chi connectivity index (χ1) is 8.68. The van der Waals surface area contributed by atoms with Gasteiger partial charge in [-0.1, -0.05) is 28.1 Å². The molecule has 0 saturated carbocycles. The molecule has 2 rings (SSSR count). The van der Waals surface area contributed by atoms with Gasteiger partial charge in [-0.05, 0) is 12.1 Å². The van der Waals surface area contributed by atoms with E-state index in [1.54, 1.807) is 24.3 Å². The Morgan fingerprint density at radius 3 is 3.00 bits per heavy atom. The molecule has 0 saturated heterocycles. The first-order valence-electron chi connectivity index (χ1n) is 5.04. The van der Waals surface area contributed by atoms with Gasteiger partial charge in [-0.25, -0.2) is 5.43 Å². The van der Waals surface area contributed by atoms with Crippen LogP contribution in [0, 0.1) is 0 Å². The van der Waals surface area contributed by atoms with Gasteiger partial charge in [-0.2, -0.15) is 15.3 Å². The smallest absolute Gasteiger partial charge is 0.260 e. The lowest BCUT2D eigenvalue weighted by atomic mass is 10.2. The third kappa shape index (κ3) is 2.80. The van der Waals surface area contributed by atoms with Gasteiger partial charge in [0.05, 0.1) is 12.4 Å². The van der Waals surface area contributed by atoms with Crippen molar-refractivity contribution in [1.29, 1.82) is 0 Å². The molecule has 1 aliphatic heterocycles. The van der Waals surface area contributed by atoms with Crippen molar-refractivity contribution in [2.45, 2.75) is 4.83 Å². The standard InChI is InChI=1S/C11H9BrN4O2/c12-10-8(6-14-16-11(10)18)15-13-5-7-3-1-2-4-9(7)17/h1-6,10,17H,(H,16,18)/b13-5-,15-8-. The van der Waals surface area contributed by atoms with Gasteiger partial charge >= 0.3 is 0 Å². The molecule has 0 spiro atoms. The first kappa shape index (κ1) is 12.4. The van der Waals surface area contributed by atoms with Crippen LogP contribution in [0.3, 0.4) is 0 Å². The van der Waals surface area contributed by atoms with Crippen molar-refractivity contribution in [3.8, 4) is 5.75 Å². The van der Waals surface area contributed by atoms with Crippen LogP contribution in [0.2, 0.25) is 0 Å². The molecule has 0 radical (unpaired) electrons. The van der Waals surface area contributed by atoms with Crippen LogP contribution in [0.4, 0.5) is 0 Å². The van der Waals surface area contributed by atoms with E-state index in [1.165, 1.54) is 12.4 Å². The van der Waals surface area contributed by atoms with E-state index in [9.17, 15) is 9.90 Å². The van der Waals surface area contributed by atoms with Gasteiger partial charge in [-0.15, -0.1) is 0 Å². The van der Waals surface area contributed by atoms with E-state index in [1.807, 2.05) is 0 Å². The lowest BCUT2D eigenvalue weighted by molar-refractivity contribution is -0.119. The topological polar surface area (TPSA) is 86.4 Å². The van der Waals surface area contributed by atoms with Crippen molar-refractivity contribution in [2.24, 2.45) is 15.3 Å². The summed E-state index contributed by atoms with van der Waals surface area (Å²) in [6.45, 7) is 0. The minimum absolute atomic E-state index is 0.117. The molecule has 2 N–H and O–H groups in total. The molecule has 92 valence electrons. The lowest BCUT2D eigenvalue weighted by Crippen LogP contribution is -2.38. The molecule has 7 heteroatoms. The highest BCUT2D eigenvalue weighted by Crippen LogP contribution is 2.13. The van der Waals surface area contributed by atoms with Gasteiger partial charge in [0.15, 0.2) is 0 Å². The molecule has 6 nitrogen and oxygen atoms in total. The van der Waals surface area contributed by atoms with E-state index in [0.717, 1.165) is 0 Å². The minimum atomic E-state index is -0.573. The second-order valence-corrected chi connectivity index (χ2v) is 4.34. The van der Waals surface area contributed by atoms with Crippen LogP contribution in [0.1, 0.15) is 5.56 Å². The third-order valence-electron chi connectivity index (χ3n) is 2.17. The minimum Gasteiger partial charge on any atom is -0.507 e. The number of carbonyl (C=O) groups excluding carboxylic acids is 1. The number of phenols is 1. The number of carbonyl (C=O) groups is 1. The number of hydrogen-bond acceptors (Lipinski definition) is 5. The van der Waals surface area contributed by atoms with Crippen molar-refractivity contribution >= 4 is 40.0 Å². The number of phenolic OH excluding ortho intramolecular Hbond substituents is 1. The Hall–Kier alpha value is -2.02. The lowest BCUT2D eigenvalue weighted by Gasteiger charge is -2.10. The maximum absolute atomic E-state index is 11.2. The number of halogens is 1. The number of benzene rings is 1. The summed E-state index contributed by atoms with van der Waals surface area (Å²) in [5.74, 6) is -0.180. The van der Waals surface area contributed by atoms with Crippen LogP contribution in [0.25, 0.3) is 0 Å². The van der Waals surface area contributed by atoms with E-state index in [-0.39, 0.29) is 11.7 Å². The van der Waals surface area contributed by atoms with Crippen molar-refractivity contribution < 1.29 is 9.90 Å². The molecular formula is C11H9BrN4O2. The Morgan fingerprint density at radius 2 is 2.22 bits per heavy atom. The van der Waals surface area contributed by atoms with E-state index < -0.39 is 4.83 Å². The number of alkyl halides is 1. The second-order valence-electron chi connectivity index (χ2n) is 3.43. The zero-order valence-electron chi connectivity index (χ0n) is 9.12. The van der Waals surface area contributed by atoms with E-state index in [4.69, 9.17) is 0 Å². The molecule has 1 aromatic rings. The van der Waals surface area contributed by atoms with Crippen LogP contribution in [0.15, 0.2) is 39.6 Å². The monoisotopic (exact) mass is 308 g/mol. The molecule has 0 fully saturated rings. The normalized spacial score (nSPS) is 21.5. The summed E-state index contributed by atoms with van der Waals surface area (Å²) >= 11 is 3.16. The van der Waals surface area contributed by atoms with Crippen LogP contribution in [0.5, 0.6) is 5.75 Å². The zero-order chi connectivity index (χ0) is 13.0. The Bertz CT molecular complexity index is 554. The Kier molecular flexibility index (Phi) is 3.83. The summed E-state index contributed by atoms with van der Waals surface area (Å²) in [5.41, 5.74) is 3.23. The van der Waals surface area contributed by atoms with Crippen LogP contribution < -0.4 is 5.43 Å². The first-order valence-corrected chi connectivity index (χ1v) is 5.96. The van der Waals surface area contributed by atoms with Gasteiger partial charge in [0.1, 0.15) is 16.3 Å². The average molecular weight is 309 g/mol. The zero-order valence-corrected chi connectivity index (χ0v) is 10.7. The molecule has 1 aromatic carbocycles. The van der Waals surface area contributed by atoms with Gasteiger partial charge in [0.25, 0.3) is 5.91 Å². The van der Waals surface area contributed by atoms with Gasteiger partial charge in [0.2, 0.25) is 0 Å². The number of para-hydroxylation sites is 1. The summed E-state index contributed by atoms with van der Waals surface area (Å²) in [6, 6.07) is 6.74. The maximum atomic E-state index is 11.2. The fraction of sp³-hybridized carbons (Fsp3) is 0.0909. The molecule has 0 bridgehead atoms. The predicted molar refractivity (Wildman–Crippen MR) is 72.5 cm³/mol. The predicted octanol–water partition coefficient (Wildman–Crippen LogP) is 1.05. The van der Waals surface area contributed by atoms with Gasteiger partial charge in [-0.3, -0.25) is 4.79 Å². The Balaban J connectivity index is 2.16. The molecule has 1 aliphatic rings. The summed E-state index contributed by atoms with van der Waals surface area (Å²) in [6.07, 6.45) is 2.81. The Labute approximate surface area is 111 Å². The largest absolute Gasteiger partial charge is 0.507 e. The molecule has 0 aliphatic carbocycles. The average Bonchev–Trinajstić information content (AvgIpc) is 2.37.